The van der Waals surface area contributed by atoms with E-state index in [1.54, 1.807) is 0 Å². The van der Waals surface area contributed by atoms with Gasteiger partial charge in [0.05, 0.1) is 6.42 Å². The summed E-state index contributed by atoms with van der Waals surface area (Å²) in [7, 11) is 0. The van der Waals surface area contributed by atoms with Gasteiger partial charge in [-0.05, 0) is 36.0 Å². The molecule has 1 aliphatic rings. The van der Waals surface area contributed by atoms with Crippen LogP contribution in [0.15, 0.2) is 24.3 Å². The number of amides is 1. The number of halogens is 1. The van der Waals surface area contributed by atoms with Crippen LogP contribution in [-0.2, 0) is 11.2 Å². The standard InChI is InChI=1S/C16H24N2O.ClH/c1-11-4-3-5-15(12(11)2)18-16(19)10-13-6-8-14(17)9-7-13;/h6-9,11-12,15H,3-5,10,17H2,1-2H3,(H,18,19);1H. The summed E-state index contributed by atoms with van der Waals surface area (Å²) in [5.41, 5.74) is 7.39. The van der Waals surface area contributed by atoms with Crippen molar-refractivity contribution >= 4 is 24.0 Å². The van der Waals surface area contributed by atoms with E-state index in [0.29, 0.717) is 24.3 Å². The molecular formula is C16H25ClN2O. The summed E-state index contributed by atoms with van der Waals surface area (Å²) >= 11 is 0. The first-order valence-corrected chi connectivity index (χ1v) is 7.20. The molecule has 1 amide bonds. The number of nitrogens with one attached hydrogen (secondary N) is 1. The summed E-state index contributed by atoms with van der Waals surface area (Å²) in [5, 5.41) is 3.19. The minimum Gasteiger partial charge on any atom is -0.399 e. The van der Waals surface area contributed by atoms with E-state index in [-0.39, 0.29) is 18.3 Å². The van der Waals surface area contributed by atoms with Gasteiger partial charge in [-0.15, -0.1) is 12.4 Å². The number of nitrogen functional groups attached to an aromatic ring is 1. The third-order valence-electron chi connectivity index (χ3n) is 4.40. The van der Waals surface area contributed by atoms with Gasteiger partial charge >= 0.3 is 0 Å². The number of benzene rings is 1. The fourth-order valence-electron chi connectivity index (χ4n) is 2.86. The molecule has 0 aromatic heterocycles. The monoisotopic (exact) mass is 296 g/mol. The Morgan fingerprint density at radius 1 is 1.25 bits per heavy atom. The van der Waals surface area contributed by atoms with Crippen LogP contribution in [-0.4, -0.2) is 11.9 Å². The van der Waals surface area contributed by atoms with Crippen LogP contribution < -0.4 is 11.1 Å². The lowest BCUT2D eigenvalue weighted by molar-refractivity contribution is -0.121. The Labute approximate surface area is 127 Å². The maximum absolute atomic E-state index is 12.1. The molecule has 1 aliphatic carbocycles. The Bertz CT molecular complexity index is 433. The van der Waals surface area contributed by atoms with Crippen LogP contribution in [0.4, 0.5) is 5.69 Å². The predicted octanol–water partition coefficient (Wildman–Crippen LogP) is 3.17. The third kappa shape index (κ3) is 4.41. The summed E-state index contributed by atoms with van der Waals surface area (Å²) < 4.78 is 0. The van der Waals surface area contributed by atoms with Crippen molar-refractivity contribution in [3.63, 3.8) is 0 Å². The molecular weight excluding hydrogens is 272 g/mol. The molecule has 0 spiro atoms. The zero-order valence-corrected chi connectivity index (χ0v) is 13.1. The first-order chi connectivity index (χ1) is 9.06. The smallest absolute Gasteiger partial charge is 0.224 e. The summed E-state index contributed by atoms with van der Waals surface area (Å²) in [6.07, 6.45) is 4.06. The van der Waals surface area contributed by atoms with Gasteiger partial charge in [-0.3, -0.25) is 4.79 Å². The number of hydrogen-bond acceptors (Lipinski definition) is 2. The predicted molar refractivity (Wildman–Crippen MR) is 85.9 cm³/mol. The van der Waals surface area contributed by atoms with Crippen molar-refractivity contribution in [3.8, 4) is 0 Å². The van der Waals surface area contributed by atoms with Crippen LogP contribution in [0, 0.1) is 11.8 Å². The first-order valence-electron chi connectivity index (χ1n) is 7.20. The van der Waals surface area contributed by atoms with Gasteiger partial charge < -0.3 is 11.1 Å². The Morgan fingerprint density at radius 3 is 2.55 bits per heavy atom. The van der Waals surface area contributed by atoms with Gasteiger partial charge in [0, 0.05) is 11.7 Å². The van der Waals surface area contributed by atoms with Crippen molar-refractivity contribution in [3.05, 3.63) is 29.8 Å². The van der Waals surface area contributed by atoms with E-state index in [4.69, 9.17) is 5.73 Å². The van der Waals surface area contributed by atoms with E-state index in [2.05, 4.69) is 19.2 Å². The van der Waals surface area contributed by atoms with Crippen LogP contribution in [0.3, 0.4) is 0 Å². The zero-order chi connectivity index (χ0) is 13.8. The first kappa shape index (κ1) is 16.8. The molecule has 0 radical (unpaired) electrons. The minimum absolute atomic E-state index is 0. The van der Waals surface area contributed by atoms with Crippen molar-refractivity contribution in [1.82, 2.24) is 5.32 Å². The second-order valence-corrected chi connectivity index (χ2v) is 5.86. The highest BCUT2D eigenvalue weighted by Gasteiger charge is 2.27. The molecule has 1 aromatic rings. The molecule has 0 saturated heterocycles. The molecule has 0 heterocycles. The topological polar surface area (TPSA) is 55.1 Å². The van der Waals surface area contributed by atoms with Gasteiger partial charge in [-0.1, -0.05) is 38.8 Å². The fourth-order valence-corrected chi connectivity index (χ4v) is 2.86. The maximum Gasteiger partial charge on any atom is 0.224 e. The van der Waals surface area contributed by atoms with Crippen LogP contribution in [0.1, 0.15) is 38.7 Å². The van der Waals surface area contributed by atoms with Gasteiger partial charge in [0.1, 0.15) is 0 Å². The Kier molecular flexibility index (Phi) is 6.34. The largest absolute Gasteiger partial charge is 0.399 e. The van der Waals surface area contributed by atoms with E-state index in [0.717, 1.165) is 17.7 Å². The molecule has 4 heteroatoms. The Hall–Kier alpha value is -1.22. The van der Waals surface area contributed by atoms with Crippen molar-refractivity contribution in [2.45, 2.75) is 45.6 Å². The normalized spacial score (nSPS) is 25.6. The molecule has 0 aliphatic heterocycles. The molecule has 3 atom stereocenters. The Morgan fingerprint density at radius 2 is 1.90 bits per heavy atom. The summed E-state index contributed by atoms with van der Waals surface area (Å²) in [6.45, 7) is 4.53. The highest BCUT2D eigenvalue weighted by Crippen LogP contribution is 2.29. The van der Waals surface area contributed by atoms with Crippen LogP contribution >= 0.6 is 12.4 Å². The lowest BCUT2D eigenvalue weighted by Gasteiger charge is -2.34. The number of hydrogen-bond donors (Lipinski definition) is 2. The van der Waals surface area contributed by atoms with Gasteiger partial charge in [0.25, 0.3) is 0 Å². The van der Waals surface area contributed by atoms with Crippen LogP contribution in [0.25, 0.3) is 0 Å². The molecule has 1 fully saturated rings. The van der Waals surface area contributed by atoms with Crippen molar-refractivity contribution < 1.29 is 4.79 Å². The molecule has 112 valence electrons. The highest BCUT2D eigenvalue weighted by molar-refractivity contribution is 5.85. The maximum atomic E-state index is 12.1. The molecule has 1 aromatic carbocycles. The second-order valence-electron chi connectivity index (χ2n) is 5.86. The molecule has 3 unspecified atom stereocenters. The van der Waals surface area contributed by atoms with Gasteiger partial charge in [-0.25, -0.2) is 0 Å². The third-order valence-corrected chi connectivity index (χ3v) is 4.40. The molecule has 1 saturated carbocycles. The Balaban J connectivity index is 0.00000200. The molecule has 3 N–H and O–H groups in total. The summed E-state index contributed by atoms with van der Waals surface area (Å²) in [4.78, 5) is 12.1. The van der Waals surface area contributed by atoms with E-state index in [1.165, 1.54) is 12.8 Å². The van der Waals surface area contributed by atoms with Gasteiger partial charge in [-0.2, -0.15) is 0 Å². The van der Waals surface area contributed by atoms with E-state index < -0.39 is 0 Å². The molecule has 20 heavy (non-hydrogen) atoms. The van der Waals surface area contributed by atoms with E-state index in [9.17, 15) is 4.79 Å². The molecule has 3 nitrogen and oxygen atoms in total. The quantitative estimate of drug-likeness (QED) is 0.842. The second kappa shape index (κ2) is 7.53. The van der Waals surface area contributed by atoms with Crippen molar-refractivity contribution in [1.29, 1.82) is 0 Å². The fraction of sp³-hybridized carbons (Fsp3) is 0.562. The highest BCUT2D eigenvalue weighted by atomic mass is 35.5. The lowest BCUT2D eigenvalue weighted by Crippen LogP contribution is -2.44. The number of rotatable bonds is 3. The number of carbonyl (C=O) groups excluding carboxylic acids is 1. The molecule has 2 rings (SSSR count). The molecule has 0 bridgehead atoms. The average molecular weight is 297 g/mol. The average Bonchev–Trinajstić information content (AvgIpc) is 2.38. The number of anilines is 1. The zero-order valence-electron chi connectivity index (χ0n) is 12.3. The van der Waals surface area contributed by atoms with Crippen molar-refractivity contribution in [2.75, 3.05) is 5.73 Å². The van der Waals surface area contributed by atoms with Crippen LogP contribution in [0.2, 0.25) is 0 Å². The minimum atomic E-state index is 0. The van der Waals surface area contributed by atoms with E-state index in [1.807, 2.05) is 24.3 Å². The lowest BCUT2D eigenvalue weighted by atomic mass is 9.78. The van der Waals surface area contributed by atoms with Gasteiger partial charge in [0.15, 0.2) is 0 Å². The van der Waals surface area contributed by atoms with Gasteiger partial charge in [0.2, 0.25) is 5.91 Å². The van der Waals surface area contributed by atoms with Crippen molar-refractivity contribution in [2.24, 2.45) is 11.8 Å². The number of carbonyl (C=O) groups is 1. The number of nitrogens with two attached hydrogens (primary N) is 1. The van der Waals surface area contributed by atoms with E-state index >= 15 is 0 Å². The summed E-state index contributed by atoms with van der Waals surface area (Å²) in [5.74, 6) is 1.40. The summed E-state index contributed by atoms with van der Waals surface area (Å²) in [6, 6.07) is 7.86. The van der Waals surface area contributed by atoms with Crippen LogP contribution in [0.5, 0.6) is 0 Å². The SMILES string of the molecule is CC1CCCC(NC(=O)Cc2ccc(N)cc2)C1C.Cl.